The SMILES string of the molecule is CCNC(=NCc1coc(-c2ccccc2)n1)NCC1(C)CCCO1.I. The third kappa shape index (κ3) is 5.70. The van der Waals surface area contributed by atoms with Crippen LogP contribution in [-0.4, -0.2) is 36.2 Å². The Morgan fingerprint density at radius 2 is 2.08 bits per heavy atom. The molecule has 3 rings (SSSR count). The minimum absolute atomic E-state index is 0. The van der Waals surface area contributed by atoms with Gasteiger partial charge in [-0.25, -0.2) is 9.98 Å². The van der Waals surface area contributed by atoms with E-state index in [-0.39, 0.29) is 29.6 Å². The van der Waals surface area contributed by atoms with Crippen molar-refractivity contribution in [2.45, 2.75) is 38.8 Å². The molecule has 1 aromatic heterocycles. The zero-order valence-electron chi connectivity index (χ0n) is 15.3. The Morgan fingerprint density at radius 1 is 1.27 bits per heavy atom. The summed E-state index contributed by atoms with van der Waals surface area (Å²) >= 11 is 0. The molecule has 0 spiro atoms. The number of halogens is 1. The van der Waals surface area contributed by atoms with Crippen LogP contribution in [-0.2, 0) is 11.3 Å². The van der Waals surface area contributed by atoms with E-state index in [9.17, 15) is 0 Å². The van der Waals surface area contributed by atoms with Gasteiger partial charge in [-0.3, -0.25) is 0 Å². The molecule has 0 saturated carbocycles. The molecule has 1 unspecified atom stereocenters. The average molecular weight is 470 g/mol. The van der Waals surface area contributed by atoms with Crippen molar-refractivity contribution in [3.63, 3.8) is 0 Å². The molecule has 2 heterocycles. The number of rotatable bonds is 6. The zero-order chi connectivity index (χ0) is 17.5. The number of nitrogens with one attached hydrogen (secondary N) is 2. The molecule has 6 nitrogen and oxygen atoms in total. The van der Waals surface area contributed by atoms with Crippen LogP contribution in [0.5, 0.6) is 0 Å². The van der Waals surface area contributed by atoms with Gasteiger partial charge in [0.25, 0.3) is 0 Å². The summed E-state index contributed by atoms with van der Waals surface area (Å²) in [7, 11) is 0. The predicted molar refractivity (Wildman–Crippen MR) is 114 cm³/mol. The largest absolute Gasteiger partial charge is 0.444 e. The first-order valence-corrected chi connectivity index (χ1v) is 8.84. The topological polar surface area (TPSA) is 71.7 Å². The van der Waals surface area contributed by atoms with E-state index in [2.05, 4.69) is 34.5 Å². The summed E-state index contributed by atoms with van der Waals surface area (Å²) in [5.74, 6) is 1.39. The van der Waals surface area contributed by atoms with Gasteiger partial charge >= 0.3 is 0 Å². The van der Waals surface area contributed by atoms with Crippen LogP contribution >= 0.6 is 24.0 Å². The quantitative estimate of drug-likeness (QED) is 0.384. The maximum absolute atomic E-state index is 5.81. The van der Waals surface area contributed by atoms with Crippen molar-refractivity contribution in [1.29, 1.82) is 0 Å². The fourth-order valence-corrected chi connectivity index (χ4v) is 2.84. The van der Waals surface area contributed by atoms with Crippen LogP contribution in [0.15, 0.2) is 46.0 Å². The highest BCUT2D eigenvalue weighted by atomic mass is 127. The molecule has 0 amide bonds. The molecule has 0 bridgehead atoms. The van der Waals surface area contributed by atoms with Gasteiger partial charge in [0.15, 0.2) is 5.96 Å². The maximum atomic E-state index is 5.81. The number of nitrogens with zero attached hydrogens (tertiary/aromatic N) is 2. The second kappa shape index (κ2) is 9.91. The number of aromatic nitrogens is 1. The Morgan fingerprint density at radius 3 is 2.77 bits per heavy atom. The molecule has 2 aromatic rings. The predicted octanol–water partition coefficient (Wildman–Crippen LogP) is 3.58. The Balaban J connectivity index is 0.00000243. The third-order valence-corrected chi connectivity index (χ3v) is 4.25. The highest BCUT2D eigenvalue weighted by Crippen LogP contribution is 2.23. The van der Waals surface area contributed by atoms with Crippen LogP contribution < -0.4 is 10.6 Å². The summed E-state index contributed by atoms with van der Waals surface area (Å²) in [6.45, 7) is 7.04. The van der Waals surface area contributed by atoms with Gasteiger partial charge in [-0.05, 0) is 38.8 Å². The molecule has 2 N–H and O–H groups in total. The smallest absolute Gasteiger partial charge is 0.226 e. The van der Waals surface area contributed by atoms with Crippen LogP contribution in [0.2, 0.25) is 0 Å². The average Bonchev–Trinajstić information content (AvgIpc) is 3.28. The molecular formula is C19H27IN4O2. The lowest BCUT2D eigenvalue weighted by molar-refractivity contribution is 0.0243. The molecule has 1 aliphatic heterocycles. The molecule has 1 aromatic carbocycles. The third-order valence-electron chi connectivity index (χ3n) is 4.25. The number of benzene rings is 1. The van der Waals surface area contributed by atoms with Crippen LogP contribution in [0.4, 0.5) is 0 Å². The number of ether oxygens (including phenoxy) is 1. The van der Waals surface area contributed by atoms with Gasteiger partial charge in [-0.15, -0.1) is 24.0 Å². The lowest BCUT2D eigenvalue weighted by atomic mass is 10.0. The Hall–Kier alpha value is -1.61. The van der Waals surface area contributed by atoms with Gasteiger partial charge in [0.1, 0.15) is 12.0 Å². The lowest BCUT2D eigenvalue weighted by Gasteiger charge is -2.24. The van der Waals surface area contributed by atoms with E-state index in [0.29, 0.717) is 12.4 Å². The van der Waals surface area contributed by atoms with Crippen molar-refractivity contribution in [3.8, 4) is 11.5 Å². The highest BCUT2D eigenvalue weighted by Gasteiger charge is 2.29. The molecule has 26 heavy (non-hydrogen) atoms. The number of hydrogen-bond donors (Lipinski definition) is 2. The summed E-state index contributed by atoms with van der Waals surface area (Å²) in [5.41, 5.74) is 1.67. The van der Waals surface area contributed by atoms with E-state index in [1.165, 1.54) is 0 Å². The van der Waals surface area contributed by atoms with Crippen molar-refractivity contribution in [2.75, 3.05) is 19.7 Å². The molecular weight excluding hydrogens is 443 g/mol. The highest BCUT2D eigenvalue weighted by molar-refractivity contribution is 14.0. The van der Waals surface area contributed by atoms with Gasteiger partial charge in [-0.2, -0.15) is 0 Å². The van der Waals surface area contributed by atoms with Gasteiger partial charge in [0, 0.05) is 25.3 Å². The standard InChI is InChI=1S/C19H26N4O2.HI/c1-3-20-18(22-14-19(2)10-7-11-25-19)21-12-16-13-24-17(23-16)15-8-5-4-6-9-15;/h4-6,8-9,13H,3,7,10-12,14H2,1-2H3,(H2,20,21,22);1H. The van der Waals surface area contributed by atoms with E-state index in [0.717, 1.165) is 49.8 Å². The zero-order valence-corrected chi connectivity index (χ0v) is 17.7. The lowest BCUT2D eigenvalue weighted by Crippen LogP contribution is -2.45. The van der Waals surface area contributed by atoms with Gasteiger partial charge in [0.2, 0.25) is 5.89 Å². The summed E-state index contributed by atoms with van der Waals surface area (Å²) in [4.78, 5) is 9.11. The first kappa shape index (κ1) is 20.7. The van der Waals surface area contributed by atoms with Crippen molar-refractivity contribution in [3.05, 3.63) is 42.3 Å². The van der Waals surface area contributed by atoms with E-state index in [1.807, 2.05) is 30.3 Å². The minimum atomic E-state index is -0.107. The molecule has 0 radical (unpaired) electrons. The monoisotopic (exact) mass is 470 g/mol. The number of guanidine groups is 1. The molecule has 7 heteroatoms. The van der Waals surface area contributed by atoms with Gasteiger partial charge in [0.05, 0.1) is 12.1 Å². The second-order valence-corrected chi connectivity index (χ2v) is 6.46. The summed E-state index contributed by atoms with van der Waals surface area (Å²) < 4.78 is 11.4. The number of oxazole rings is 1. The van der Waals surface area contributed by atoms with E-state index < -0.39 is 0 Å². The second-order valence-electron chi connectivity index (χ2n) is 6.46. The minimum Gasteiger partial charge on any atom is -0.444 e. The van der Waals surface area contributed by atoms with Crippen molar-refractivity contribution in [1.82, 2.24) is 15.6 Å². The maximum Gasteiger partial charge on any atom is 0.226 e. The first-order chi connectivity index (χ1) is 12.2. The van der Waals surface area contributed by atoms with Gasteiger partial charge < -0.3 is 19.8 Å². The Labute approximate surface area is 171 Å². The molecule has 0 aliphatic carbocycles. The number of hydrogen-bond acceptors (Lipinski definition) is 4. The normalized spacial score (nSPS) is 19.8. The van der Waals surface area contributed by atoms with E-state index in [1.54, 1.807) is 6.26 Å². The van der Waals surface area contributed by atoms with Crippen LogP contribution in [0.1, 0.15) is 32.4 Å². The van der Waals surface area contributed by atoms with Crippen molar-refractivity contribution in [2.24, 2.45) is 4.99 Å². The fourth-order valence-electron chi connectivity index (χ4n) is 2.84. The van der Waals surface area contributed by atoms with Crippen LogP contribution in [0.3, 0.4) is 0 Å². The first-order valence-electron chi connectivity index (χ1n) is 8.84. The molecule has 1 aliphatic rings. The van der Waals surface area contributed by atoms with E-state index in [4.69, 9.17) is 9.15 Å². The van der Waals surface area contributed by atoms with E-state index >= 15 is 0 Å². The van der Waals surface area contributed by atoms with Crippen molar-refractivity contribution >= 4 is 29.9 Å². The number of aliphatic imine (C=N–C) groups is 1. The summed E-state index contributed by atoms with van der Waals surface area (Å²) in [6.07, 6.45) is 3.85. The van der Waals surface area contributed by atoms with Crippen LogP contribution in [0.25, 0.3) is 11.5 Å². The van der Waals surface area contributed by atoms with Gasteiger partial charge in [-0.1, -0.05) is 18.2 Å². The van der Waals surface area contributed by atoms with Crippen LogP contribution in [0, 0.1) is 0 Å². The Kier molecular flexibility index (Phi) is 7.89. The molecule has 142 valence electrons. The summed E-state index contributed by atoms with van der Waals surface area (Å²) in [5, 5.41) is 6.62. The molecule has 1 atom stereocenters. The fraction of sp³-hybridized carbons (Fsp3) is 0.474. The summed E-state index contributed by atoms with van der Waals surface area (Å²) in [6, 6.07) is 9.87. The Bertz CT molecular complexity index is 697. The molecule has 1 saturated heterocycles. The molecule has 1 fully saturated rings. The van der Waals surface area contributed by atoms with Crippen molar-refractivity contribution < 1.29 is 9.15 Å².